The molecule has 3 aromatic rings. The predicted octanol–water partition coefficient (Wildman–Crippen LogP) is 2.94. The number of aromatic nitrogens is 1. The van der Waals surface area contributed by atoms with E-state index in [1.54, 1.807) is 0 Å². The van der Waals surface area contributed by atoms with Crippen LogP contribution in [0.2, 0.25) is 0 Å². The van der Waals surface area contributed by atoms with E-state index in [4.69, 9.17) is 0 Å². The molecule has 4 nitrogen and oxygen atoms in total. The van der Waals surface area contributed by atoms with Gasteiger partial charge in [0, 0.05) is 16.5 Å². The van der Waals surface area contributed by atoms with Crippen molar-refractivity contribution in [1.82, 2.24) is 4.98 Å². The zero-order valence-electron chi connectivity index (χ0n) is 15.3. The minimum Gasteiger partial charge on any atom is -0.334 e. The van der Waals surface area contributed by atoms with Crippen LogP contribution in [-0.2, 0) is 0 Å². The van der Waals surface area contributed by atoms with Crippen LogP contribution < -0.4 is 15.8 Å². The van der Waals surface area contributed by atoms with E-state index in [1.165, 1.54) is 42.8 Å². The Morgan fingerprint density at radius 1 is 1.04 bits per heavy atom. The largest absolute Gasteiger partial charge is 0.334 e. The summed E-state index contributed by atoms with van der Waals surface area (Å²) >= 11 is 0. The highest BCUT2D eigenvalue weighted by molar-refractivity contribution is 6.00. The van der Waals surface area contributed by atoms with Crippen molar-refractivity contribution in [1.29, 1.82) is 0 Å². The Bertz CT molecular complexity index is 956. The van der Waals surface area contributed by atoms with Crippen LogP contribution in [0.3, 0.4) is 0 Å². The number of likely N-dealkylation sites (tertiary alicyclic amines) is 1. The average Bonchev–Trinajstić information content (AvgIpc) is 2.68. The van der Waals surface area contributed by atoms with E-state index < -0.39 is 0 Å². The fraction of sp³-hybridized carbons (Fsp3) is 0.318. The van der Waals surface area contributed by atoms with Crippen LogP contribution in [0.5, 0.6) is 0 Å². The van der Waals surface area contributed by atoms with E-state index in [-0.39, 0.29) is 5.56 Å². The quantitative estimate of drug-likeness (QED) is 0.679. The lowest BCUT2D eigenvalue weighted by atomic mass is 9.98. The highest BCUT2D eigenvalue weighted by Crippen LogP contribution is 2.32. The Kier molecular flexibility index (Phi) is 4.76. The number of hydrogen-bond donors (Lipinski definition) is 3. The molecule has 134 valence electrons. The Labute approximate surface area is 153 Å². The molecule has 0 spiro atoms. The highest BCUT2D eigenvalue weighted by atomic mass is 16.1. The van der Waals surface area contributed by atoms with Crippen LogP contribution in [0.4, 0.5) is 5.69 Å². The van der Waals surface area contributed by atoms with Gasteiger partial charge in [-0.25, -0.2) is 0 Å². The molecule has 0 bridgehead atoms. The molecule has 1 aromatic heterocycles. The standard InChI is InChI=1S/C22H25N3O/c1-16-10-11-19-18(14-16)20(17-8-4-2-5-9-17)21(22(26)24-19)23-15-25-12-6-3-7-13-25/h2,4-5,8-11,14,23H,3,6-7,12-13,15H2,1H3,(H,24,26)/p+1. The van der Waals surface area contributed by atoms with Crippen LogP contribution in [-0.4, -0.2) is 24.7 Å². The van der Waals surface area contributed by atoms with Gasteiger partial charge in [0.25, 0.3) is 5.56 Å². The summed E-state index contributed by atoms with van der Waals surface area (Å²) in [5.41, 5.74) is 4.79. The predicted molar refractivity (Wildman–Crippen MR) is 108 cm³/mol. The Hall–Kier alpha value is -2.59. The van der Waals surface area contributed by atoms with Crippen molar-refractivity contribution in [2.45, 2.75) is 26.2 Å². The molecule has 0 atom stereocenters. The van der Waals surface area contributed by atoms with E-state index in [0.717, 1.165) is 28.7 Å². The summed E-state index contributed by atoms with van der Waals surface area (Å²) in [7, 11) is 0. The zero-order chi connectivity index (χ0) is 17.9. The van der Waals surface area contributed by atoms with Crippen LogP contribution in [0.1, 0.15) is 24.8 Å². The summed E-state index contributed by atoms with van der Waals surface area (Å²) in [6.45, 7) is 5.24. The SMILES string of the molecule is Cc1ccc2[nH]c(=O)c(NC[NH+]3CCCCC3)c(-c3ccccc3)c2c1. The number of fused-ring (bicyclic) bond motifs is 1. The first-order chi connectivity index (χ1) is 12.7. The average molecular weight is 348 g/mol. The number of aryl methyl sites for hydroxylation is 1. The summed E-state index contributed by atoms with van der Waals surface area (Å²) < 4.78 is 0. The molecule has 26 heavy (non-hydrogen) atoms. The third-order valence-corrected chi connectivity index (χ3v) is 5.31. The molecule has 0 aliphatic carbocycles. The lowest BCUT2D eigenvalue weighted by Gasteiger charge is -2.24. The second-order valence-corrected chi connectivity index (χ2v) is 7.28. The van der Waals surface area contributed by atoms with E-state index in [0.29, 0.717) is 5.69 Å². The number of hydrogen-bond acceptors (Lipinski definition) is 2. The van der Waals surface area contributed by atoms with Crippen LogP contribution in [0.15, 0.2) is 53.3 Å². The number of nitrogens with one attached hydrogen (secondary N) is 3. The van der Waals surface area contributed by atoms with Gasteiger partial charge in [-0.2, -0.15) is 0 Å². The molecule has 0 saturated carbocycles. The molecule has 1 aliphatic rings. The molecule has 0 amide bonds. The van der Waals surface area contributed by atoms with E-state index >= 15 is 0 Å². The molecule has 2 heterocycles. The first-order valence-corrected chi connectivity index (χ1v) is 9.52. The molecule has 1 aliphatic heterocycles. The van der Waals surface area contributed by atoms with Crippen molar-refractivity contribution < 1.29 is 4.90 Å². The number of rotatable bonds is 4. The topological polar surface area (TPSA) is 49.3 Å². The second-order valence-electron chi connectivity index (χ2n) is 7.28. The van der Waals surface area contributed by atoms with Crippen molar-refractivity contribution in [2.24, 2.45) is 0 Å². The number of pyridine rings is 1. The maximum absolute atomic E-state index is 12.9. The molecule has 4 heteroatoms. The van der Waals surface area contributed by atoms with Crippen molar-refractivity contribution in [3.8, 4) is 11.1 Å². The van der Waals surface area contributed by atoms with Gasteiger partial charge < -0.3 is 15.2 Å². The third-order valence-electron chi connectivity index (χ3n) is 5.31. The lowest BCUT2D eigenvalue weighted by molar-refractivity contribution is -0.901. The van der Waals surface area contributed by atoms with Crippen LogP contribution >= 0.6 is 0 Å². The van der Waals surface area contributed by atoms with Gasteiger partial charge in [0.15, 0.2) is 6.67 Å². The Balaban J connectivity index is 1.82. The normalized spacial score (nSPS) is 15.3. The first-order valence-electron chi connectivity index (χ1n) is 9.52. The van der Waals surface area contributed by atoms with Crippen molar-refractivity contribution in [3.63, 3.8) is 0 Å². The molecule has 4 rings (SSSR count). The van der Waals surface area contributed by atoms with Crippen molar-refractivity contribution >= 4 is 16.6 Å². The fourth-order valence-corrected chi connectivity index (χ4v) is 3.92. The van der Waals surface area contributed by atoms with Crippen LogP contribution in [0.25, 0.3) is 22.0 Å². The van der Waals surface area contributed by atoms with Gasteiger partial charge in [-0.15, -0.1) is 0 Å². The van der Waals surface area contributed by atoms with E-state index in [9.17, 15) is 4.79 Å². The third kappa shape index (κ3) is 3.37. The van der Waals surface area contributed by atoms with Gasteiger partial charge in [0.05, 0.1) is 13.1 Å². The minimum atomic E-state index is -0.0448. The molecule has 1 fully saturated rings. The number of benzene rings is 2. The number of aromatic amines is 1. The fourth-order valence-electron chi connectivity index (χ4n) is 3.92. The van der Waals surface area contributed by atoms with E-state index in [2.05, 4.69) is 35.4 Å². The Morgan fingerprint density at radius 3 is 2.58 bits per heavy atom. The number of piperidine rings is 1. The summed E-state index contributed by atoms with van der Waals surface area (Å²) in [5.74, 6) is 0. The van der Waals surface area contributed by atoms with Gasteiger partial charge in [0.1, 0.15) is 5.69 Å². The minimum absolute atomic E-state index is 0.0448. The molecular weight excluding hydrogens is 322 g/mol. The van der Waals surface area contributed by atoms with Gasteiger partial charge >= 0.3 is 0 Å². The Morgan fingerprint density at radius 2 is 1.81 bits per heavy atom. The van der Waals surface area contributed by atoms with E-state index in [1.807, 2.05) is 30.3 Å². The first kappa shape index (κ1) is 16.9. The summed E-state index contributed by atoms with van der Waals surface area (Å²) in [6.07, 6.45) is 3.88. The molecule has 0 radical (unpaired) electrons. The number of quaternary nitrogens is 1. The maximum Gasteiger partial charge on any atom is 0.272 e. The molecular formula is C22H26N3O+. The highest BCUT2D eigenvalue weighted by Gasteiger charge is 2.18. The maximum atomic E-state index is 12.9. The zero-order valence-corrected chi connectivity index (χ0v) is 15.3. The second kappa shape index (κ2) is 7.34. The molecule has 1 saturated heterocycles. The van der Waals surface area contributed by atoms with Gasteiger partial charge in [-0.1, -0.05) is 42.0 Å². The van der Waals surface area contributed by atoms with Crippen molar-refractivity contribution in [3.05, 3.63) is 64.4 Å². The summed E-state index contributed by atoms with van der Waals surface area (Å²) in [6, 6.07) is 16.4. The lowest BCUT2D eigenvalue weighted by Crippen LogP contribution is -3.13. The van der Waals surface area contributed by atoms with Crippen LogP contribution in [0, 0.1) is 6.92 Å². The number of H-pyrrole nitrogens is 1. The smallest absolute Gasteiger partial charge is 0.272 e. The van der Waals surface area contributed by atoms with Gasteiger partial charge in [-0.05, 0) is 43.9 Å². The molecule has 2 aromatic carbocycles. The summed E-state index contributed by atoms with van der Waals surface area (Å²) in [5, 5.41) is 4.57. The monoisotopic (exact) mass is 348 g/mol. The summed E-state index contributed by atoms with van der Waals surface area (Å²) in [4.78, 5) is 17.4. The molecule has 3 N–H and O–H groups in total. The number of anilines is 1. The van der Waals surface area contributed by atoms with Crippen molar-refractivity contribution in [2.75, 3.05) is 25.1 Å². The van der Waals surface area contributed by atoms with Gasteiger partial charge in [-0.3, -0.25) is 4.79 Å². The molecule has 0 unspecified atom stereocenters. The van der Waals surface area contributed by atoms with Gasteiger partial charge in [0.2, 0.25) is 0 Å².